The van der Waals surface area contributed by atoms with Crippen molar-refractivity contribution < 1.29 is 39.7 Å². The maximum absolute atomic E-state index is 11.4. The maximum Gasteiger partial charge on any atom is 0.374 e. The van der Waals surface area contributed by atoms with Crippen molar-refractivity contribution in [1.29, 1.82) is 0 Å². The van der Waals surface area contributed by atoms with E-state index in [1.165, 1.54) is 0 Å². The molecule has 12 heteroatoms. The minimum Gasteiger partial charge on any atom is -0.439 e. The van der Waals surface area contributed by atoms with Gasteiger partial charge in [0.05, 0.1) is 23.3 Å². The van der Waals surface area contributed by atoms with Crippen molar-refractivity contribution in [1.82, 2.24) is 0 Å². The Balaban J connectivity index is 1.39. The summed E-state index contributed by atoms with van der Waals surface area (Å²) in [6.07, 6.45) is 4.01. The number of hydrogen-bond acceptors (Lipinski definition) is 7. The second-order valence-corrected chi connectivity index (χ2v) is 14.0. The molecule has 44 heavy (non-hydrogen) atoms. The van der Waals surface area contributed by atoms with Crippen LogP contribution < -0.4 is 14.2 Å². The SMILES string of the molecule is CC(=Cc1oc2cc3ccccc3cc2[n+]1CCCS(=O)(=O)O)C=C1Oc2cc3ccccc3cc2N1CCCS(=O)(=O)O. The molecule has 0 aliphatic carbocycles. The van der Waals surface area contributed by atoms with Crippen LogP contribution in [0.15, 0.2) is 94.7 Å². The lowest BCUT2D eigenvalue weighted by atomic mass is 10.1. The highest BCUT2D eigenvalue weighted by Gasteiger charge is 2.28. The van der Waals surface area contributed by atoms with E-state index in [2.05, 4.69) is 0 Å². The minimum absolute atomic E-state index is 0.180. The fraction of sp³-hybridized carbons (Fsp3) is 0.219. The number of allylic oxidation sites excluding steroid dienone is 2. The Kier molecular flexibility index (Phi) is 7.93. The number of aromatic nitrogens is 1. The van der Waals surface area contributed by atoms with Gasteiger partial charge in [0.15, 0.2) is 12.3 Å². The maximum atomic E-state index is 11.4. The zero-order valence-electron chi connectivity index (χ0n) is 23.9. The second-order valence-electron chi connectivity index (χ2n) is 10.8. The van der Waals surface area contributed by atoms with Crippen LogP contribution in [-0.4, -0.2) is 44.0 Å². The van der Waals surface area contributed by atoms with Gasteiger partial charge in [-0.15, -0.1) is 0 Å². The fourth-order valence-corrected chi connectivity index (χ4v) is 6.48. The highest BCUT2D eigenvalue weighted by Crippen LogP contribution is 2.42. The Morgan fingerprint density at radius 2 is 1.43 bits per heavy atom. The van der Waals surface area contributed by atoms with Crippen LogP contribution in [0.4, 0.5) is 5.69 Å². The van der Waals surface area contributed by atoms with Crippen LogP contribution in [0.2, 0.25) is 0 Å². The molecule has 0 radical (unpaired) electrons. The average molecular weight is 636 g/mol. The zero-order chi connectivity index (χ0) is 31.1. The number of fused-ring (bicyclic) bond motifs is 4. The van der Waals surface area contributed by atoms with Crippen LogP contribution in [0, 0.1) is 0 Å². The molecule has 10 nitrogen and oxygen atoms in total. The van der Waals surface area contributed by atoms with Gasteiger partial charge < -0.3 is 14.1 Å². The van der Waals surface area contributed by atoms with Crippen LogP contribution in [0.1, 0.15) is 25.7 Å². The minimum atomic E-state index is -4.13. The lowest BCUT2D eigenvalue weighted by Crippen LogP contribution is -2.36. The summed E-state index contributed by atoms with van der Waals surface area (Å²) in [5, 5.41) is 4.00. The van der Waals surface area contributed by atoms with E-state index in [9.17, 15) is 25.9 Å². The first-order valence-corrected chi connectivity index (χ1v) is 17.3. The molecule has 1 aliphatic heterocycles. The number of benzene rings is 4. The number of ether oxygens (including phenoxy) is 1. The highest BCUT2D eigenvalue weighted by molar-refractivity contribution is 7.86. The molecule has 0 unspecified atom stereocenters. The summed E-state index contributed by atoms with van der Waals surface area (Å²) in [6.45, 7) is 2.45. The molecule has 0 spiro atoms. The van der Waals surface area contributed by atoms with Gasteiger partial charge in [-0.2, -0.15) is 21.4 Å². The van der Waals surface area contributed by atoms with Crippen molar-refractivity contribution in [3.05, 3.63) is 96.2 Å². The molecule has 5 aromatic rings. The van der Waals surface area contributed by atoms with Crippen LogP contribution in [0.3, 0.4) is 0 Å². The topological polar surface area (TPSA) is 138 Å². The van der Waals surface area contributed by atoms with E-state index in [0.29, 0.717) is 23.1 Å². The molecule has 1 aliphatic rings. The van der Waals surface area contributed by atoms with Gasteiger partial charge in [-0.05, 0) is 58.7 Å². The number of anilines is 1. The number of nitrogens with zero attached hydrogens (tertiary/aromatic N) is 2. The summed E-state index contributed by atoms with van der Waals surface area (Å²) in [6, 6.07) is 23.6. The van der Waals surface area contributed by atoms with Gasteiger partial charge in [-0.3, -0.25) is 9.11 Å². The first kappa shape index (κ1) is 29.8. The molecule has 228 valence electrons. The molecule has 0 amide bonds. The molecule has 1 aromatic heterocycles. The Hall–Kier alpha value is -4.23. The van der Waals surface area contributed by atoms with Crippen molar-refractivity contribution in [2.45, 2.75) is 26.3 Å². The smallest absolute Gasteiger partial charge is 0.374 e. The third-order valence-electron chi connectivity index (χ3n) is 7.47. The van der Waals surface area contributed by atoms with Crippen LogP contribution in [0.25, 0.3) is 38.7 Å². The summed E-state index contributed by atoms with van der Waals surface area (Å²) in [7, 11) is -8.25. The number of oxazole rings is 1. The summed E-state index contributed by atoms with van der Waals surface area (Å²) in [5.41, 5.74) is 2.96. The molecule has 0 saturated carbocycles. The Morgan fingerprint density at radius 3 is 2.09 bits per heavy atom. The van der Waals surface area contributed by atoms with E-state index in [1.54, 1.807) is 0 Å². The number of hydrogen-bond donors (Lipinski definition) is 2. The summed E-state index contributed by atoms with van der Waals surface area (Å²) >= 11 is 0. The summed E-state index contributed by atoms with van der Waals surface area (Å²) in [4.78, 5) is 1.88. The van der Waals surface area contributed by atoms with E-state index in [1.807, 2.05) is 101 Å². The molecule has 2 heterocycles. The third-order valence-corrected chi connectivity index (χ3v) is 9.08. The Labute approximate surface area is 255 Å². The monoisotopic (exact) mass is 635 g/mol. The second kappa shape index (κ2) is 11.7. The molecule has 6 rings (SSSR count). The van der Waals surface area contributed by atoms with Gasteiger partial charge in [0, 0.05) is 25.1 Å². The highest BCUT2D eigenvalue weighted by atomic mass is 32.2. The van der Waals surface area contributed by atoms with Gasteiger partial charge in [0.2, 0.25) is 11.5 Å². The molecule has 0 saturated heterocycles. The number of aryl methyl sites for hydroxylation is 1. The van der Waals surface area contributed by atoms with E-state index in [-0.39, 0.29) is 37.4 Å². The normalized spacial score (nSPS) is 15.0. The van der Waals surface area contributed by atoms with Crippen molar-refractivity contribution in [2.24, 2.45) is 0 Å². The van der Waals surface area contributed by atoms with Crippen LogP contribution in [0.5, 0.6) is 5.75 Å². The zero-order valence-corrected chi connectivity index (χ0v) is 25.5. The molecule has 2 N–H and O–H groups in total. The predicted octanol–water partition coefficient (Wildman–Crippen LogP) is 5.73. The lowest BCUT2D eigenvalue weighted by Gasteiger charge is -2.18. The molecular weight excluding hydrogens is 604 g/mol. The van der Waals surface area contributed by atoms with Crippen molar-refractivity contribution in [2.75, 3.05) is 23.0 Å². The van der Waals surface area contributed by atoms with Crippen molar-refractivity contribution >= 4 is 64.6 Å². The quantitative estimate of drug-likeness (QED) is 0.146. The Bertz CT molecular complexity index is 2180. The molecule has 0 fully saturated rings. The Morgan fingerprint density at radius 1 is 0.841 bits per heavy atom. The average Bonchev–Trinajstić information content (AvgIpc) is 3.45. The van der Waals surface area contributed by atoms with Gasteiger partial charge in [-0.25, -0.2) is 0 Å². The van der Waals surface area contributed by atoms with Gasteiger partial charge in [-0.1, -0.05) is 48.5 Å². The van der Waals surface area contributed by atoms with E-state index >= 15 is 0 Å². The first-order chi connectivity index (χ1) is 20.9. The lowest BCUT2D eigenvalue weighted by molar-refractivity contribution is -0.677. The largest absolute Gasteiger partial charge is 0.439 e. The standard InChI is InChI=1S/C32H30N2O8S2/c1-22(16-31-33(12-6-14-43(35,36)37)27-18-23-8-2-4-10-25(23)20-29(27)41-31)17-32-34(13-7-15-44(38,39)40)28-19-24-9-3-5-11-26(24)21-30(28)42-32/h2-5,8-11,16-21H,6-7,12-15H2,1H3,(H-,35,36,37,38,39,40)/p+1. The van der Waals surface area contributed by atoms with E-state index in [4.69, 9.17) is 9.15 Å². The van der Waals surface area contributed by atoms with Gasteiger partial charge in [0.25, 0.3) is 25.8 Å². The molecule has 4 aromatic carbocycles. The summed E-state index contributed by atoms with van der Waals surface area (Å²) in [5.74, 6) is 0.834. The summed E-state index contributed by atoms with van der Waals surface area (Å²) < 4.78 is 78.7. The molecular formula is C32H31N2O8S2+. The molecule has 0 bridgehead atoms. The van der Waals surface area contributed by atoms with Crippen molar-refractivity contribution in [3.63, 3.8) is 0 Å². The molecule has 0 atom stereocenters. The predicted molar refractivity (Wildman–Crippen MR) is 170 cm³/mol. The third kappa shape index (κ3) is 6.63. The van der Waals surface area contributed by atoms with E-state index < -0.39 is 20.2 Å². The first-order valence-electron chi connectivity index (χ1n) is 14.1. The van der Waals surface area contributed by atoms with Crippen LogP contribution >= 0.6 is 0 Å². The van der Waals surface area contributed by atoms with Crippen LogP contribution in [-0.2, 0) is 26.8 Å². The van der Waals surface area contributed by atoms with Gasteiger partial charge in [0.1, 0.15) is 0 Å². The van der Waals surface area contributed by atoms with E-state index in [0.717, 1.165) is 38.3 Å². The van der Waals surface area contributed by atoms with Crippen molar-refractivity contribution in [3.8, 4) is 5.75 Å². The number of rotatable bonds is 10. The fourth-order valence-electron chi connectivity index (χ4n) is 5.49. The van der Waals surface area contributed by atoms with Gasteiger partial charge >= 0.3 is 5.89 Å².